The summed E-state index contributed by atoms with van der Waals surface area (Å²) in [6, 6.07) is 4.00. The number of methoxy groups -OCH3 is 1. The number of hydrogen-bond acceptors (Lipinski definition) is 4. The van der Waals surface area contributed by atoms with Crippen LogP contribution in [0.1, 0.15) is 5.56 Å². The van der Waals surface area contributed by atoms with Crippen LogP contribution >= 0.6 is 43.2 Å². The molecule has 6 heteroatoms. The Hall–Kier alpha value is -0.590. The fraction of sp³-hybridized carbons (Fsp3) is 0.182. The lowest BCUT2D eigenvalue weighted by atomic mass is 10.2. The largest absolute Gasteiger partial charge is 0.495 e. The second-order valence-corrected chi connectivity index (χ2v) is 5.94. The first-order valence-electron chi connectivity index (χ1n) is 4.86. The molecule has 1 N–H and O–H groups in total. The van der Waals surface area contributed by atoms with Crippen molar-refractivity contribution in [2.24, 2.45) is 0 Å². The third kappa shape index (κ3) is 3.20. The third-order valence-corrected chi connectivity index (χ3v) is 3.93. The molecule has 0 aliphatic carbocycles. The molecule has 2 aromatic rings. The lowest BCUT2D eigenvalue weighted by Gasteiger charge is -2.11. The van der Waals surface area contributed by atoms with Crippen molar-refractivity contribution in [3.63, 3.8) is 0 Å². The minimum absolute atomic E-state index is 0.675. The van der Waals surface area contributed by atoms with E-state index in [4.69, 9.17) is 4.74 Å². The molecule has 1 aromatic heterocycles. The smallest absolute Gasteiger partial charge is 0.182 e. The lowest BCUT2D eigenvalue weighted by Crippen LogP contribution is -2.02. The van der Waals surface area contributed by atoms with Crippen LogP contribution in [0.3, 0.4) is 0 Å². The Balaban J connectivity index is 2.19. The Morgan fingerprint density at radius 2 is 2.24 bits per heavy atom. The number of halogens is 2. The van der Waals surface area contributed by atoms with Crippen molar-refractivity contribution in [3.8, 4) is 5.75 Å². The number of aromatic nitrogens is 1. The van der Waals surface area contributed by atoms with Gasteiger partial charge in [0, 0.05) is 28.2 Å². The van der Waals surface area contributed by atoms with E-state index >= 15 is 0 Å². The van der Waals surface area contributed by atoms with E-state index in [0.717, 1.165) is 25.4 Å². The van der Waals surface area contributed by atoms with E-state index in [-0.39, 0.29) is 0 Å². The normalized spacial score (nSPS) is 10.3. The van der Waals surface area contributed by atoms with Gasteiger partial charge in [-0.05, 0) is 28.1 Å². The van der Waals surface area contributed by atoms with Crippen LogP contribution in [0.25, 0.3) is 0 Å². The van der Waals surface area contributed by atoms with Gasteiger partial charge in [0.05, 0.1) is 11.6 Å². The molecule has 0 bridgehead atoms. The highest BCUT2D eigenvalue weighted by molar-refractivity contribution is 9.11. The summed E-state index contributed by atoms with van der Waals surface area (Å²) in [4.78, 5) is 4.17. The molecule has 0 atom stereocenters. The van der Waals surface area contributed by atoms with Crippen molar-refractivity contribution < 1.29 is 4.74 Å². The summed E-state index contributed by atoms with van der Waals surface area (Å²) < 4.78 is 7.33. The number of thiazole rings is 1. The third-order valence-electron chi connectivity index (χ3n) is 2.15. The molecule has 0 aliphatic rings. The van der Waals surface area contributed by atoms with Gasteiger partial charge in [-0.15, -0.1) is 11.3 Å². The molecule has 1 heterocycles. The van der Waals surface area contributed by atoms with Crippen LogP contribution in [-0.4, -0.2) is 12.1 Å². The maximum atomic E-state index is 5.38. The van der Waals surface area contributed by atoms with E-state index in [2.05, 4.69) is 42.2 Å². The molecule has 17 heavy (non-hydrogen) atoms. The van der Waals surface area contributed by atoms with E-state index in [1.807, 2.05) is 17.5 Å². The van der Waals surface area contributed by atoms with Gasteiger partial charge in [-0.1, -0.05) is 15.9 Å². The first-order valence-corrected chi connectivity index (χ1v) is 7.32. The van der Waals surface area contributed by atoms with Crippen molar-refractivity contribution in [1.29, 1.82) is 0 Å². The van der Waals surface area contributed by atoms with Crippen molar-refractivity contribution in [2.45, 2.75) is 6.54 Å². The molecule has 2 rings (SSSR count). The molecule has 0 aliphatic heterocycles. The number of ether oxygens (including phenoxy) is 1. The fourth-order valence-corrected chi connectivity index (χ4v) is 3.46. The molecule has 0 saturated heterocycles. The van der Waals surface area contributed by atoms with Gasteiger partial charge >= 0.3 is 0 Å². The van der Waals surface area contributed by atoms with Gasteiger partial charge in [-0.25, -0.2) is 4.98 Å². The molecule has 0 saturated carbocycles. The van der Waals surface area contributed by atoms with Crippen LogP contribution in [0.5, 0.6) is 5.75 Å². The zero-order valence-corrected chi connectivity index (χ0v) is 13.0. The molecule has 1 aromatic carbocycles. The number of rotatable bonds is 4. The first-order chi connectivity index (χ1) is 8.20. The van der Waals surface area contributed by atoms with Gasteiger partial charge in [0.2, 0.25) is 0 Å². The van der Waals surface area contributed by atoms with E-state index in [9.17, 15) is 0 Å². The lowest BCUT2D eigenvalue weighted by molar-refractivity contribution is 0.407. The SMILES string of the molecule is COc1c(Br)cc(Br)cc1CNc1nccs1. The fourth-order valence-electron chi connectivity index (χ4n) is 1.46. The van der Waals surface area contributed by atoms with E-state index in [1.54, 1.807) is 24.6 Å². The topological polar surface area (TPSA) is 34.1 Å². The van der Waals surface area contributed by atoms with E-state index < -0.39 is 0 Å². The zero-order valence-electron chi connectivity index (χ0n) is 9.04. The summed E-state index contributed by atoms with van der Waals surface area (Å²) in [7, 11) is 1.67. The maximum Gasteiger partial charge on any atom is 0.182 e. The minimum Gasteiger partial charge on any atom is -0.495 e. The second kappa shape index (κ2) is 5.84. The summed E-state index contributed by atoms with van der Waals surface area (Å²) in [6.45, 7) is 0.675. The van der Waals surface area contributed by atoms with Crippen LogP contribution in [-0.2, 0) is 6.54 Å². The summed E-state index contributed by atoms with van der Waals surface area (Å²) >= 11 is 8.53. The number of hydrogen-bond donors (Lipinski definition) is 1. The molecular weight excluding hydrogens is 368 g/mol. The van der Waals surface area contributed by atoms with Crippen LogP contribution in [0.4, 0.5) is 5.13 Å². The van der Waals surface area contributed by atoms with E-state index in [1.165, 1.54) is 0 Å². The number of anilines is 1. The molecule has 3 nitrogen and oxygen atoms in total. The van der Waals surface area contributed by atoms with Gasteiger partial charge in [-0.3, -0.25) is 0 Å². The Bertz CT molecular complexity index is 502. The van der Waals surface area contributed by atoms with Crippen molar-refractivity contribution >= 4 is 48.3 Å². The summed E-state index contributed by atoms with van der Waals surface area (Å²) in [5.74, 6) is 0.845. The van der Waals surface area contributed by atoms with Gasteiger partial charge in [0.25, 0.3) is 0 Å². The Labute approximate surface area is 120 Å². The molecule has 0 unspecified atom stereocenters. The number of nitrogens with zero attached hydrogens (tertiary/aromatic N) is 1. The highest BCUT2D eigenvalue weighted by Gasteiger charge is 2.09. The predicted octanol–water partition coefficient (Wildman–Crippen LogP) is 4.29. The van der Waals surface area contributed by atoms with Gasteiger partial charge in [0.1, 0.15) is 5.75 Å². The molecule has 0 radical (unpaired) electrons. The standard InChI is InChI=1S/C11H10Br2N2OS/c1-16-10-7(4-8(12)5-9(10)13)6-15-11-14-2-3-17-11/h2-5H,6H2,1H3,(H,14,15). The average molecular weight is 378 g/mol. The average Bonchev–Trinajstić information content (AvgIpc) is 2.78. The quantitative estimate of drug-likeness (QED) is 0.862. The Morgan fingerprint density at radius 1 is 1.41 bits per heavy atom. The van der Waals surface area contributed by atoms with Crippen molar-refractivity contribution in [3.05, 3.63) is 38.2 Å². The van der Waals surface area contributed by atoms with E-state index in [0.29, 0.717) is 6.54 Å². The van der Waals surface area contributed by atoms with Crippen LogP contribution < -0.4 is 10.1 Å². The zero-order chi connectivity index (χ0) is 12.3. The molecule has 0 spiro atoms. The molecular formula is C11H10Br2N2OS. The molecule has 0 amide bonds. The monoisotopic (exact) mass is 376 g/mol. The van der Waals surface area contributed by atoms with Gasteiger partial charge in [0.15, 0.2) is 5.13 Å². The van der Waals surface area contributed by atoms with Gasteiger partial charge < -0.3 is 10.1 Å². The summed E-state index contributed by atoms with van der Waals surface area (Å²) in [6.07, 6.45) is 1.78. The molecule has 90 valence electrons. The highest BCUT2D eigenvalue weighted by atomic mass is 79.9. The first kappa shape index (κ1) is 12.9. The van der Waals surface area contributed by atoms with Crippen LogP contribution in [0.2, 0.25) is 0 Å². The van der Waals surface area contributed by atoms with Crippen LogP contribution in [0.15, 0.2) is 32.7 Å². The molecule has 0 fully saturated rings. The Kier molecular flexibility index (Phi) is 4.42. The summed E-state index contributed by atoms with van der Waals surface area (Å²) in [5.41, 5.74) is 1.07. The summed E-state index contributed by atoms with van der Waals surface area (Å²) in [5, 5.41) is 6.10. The highest BCUT2D eigenvalue weighted by Crippen LogP contribution is 2.33. The van der Waals surface area contributed by atoms with Crippen molar-refractivity contribution in [2.75, 3.05) is 12.4 Å². The second-order valence-electron chi connectivity index (χ2n) is 3.27. The predicted molar refractivity (Wildman–Crippen MR) is 77.8 cm³/mol. The van der Waals surface area contributed by atoms with Crippen molar-refractivity contribution in [1.82, 2.24) is 4.98 Å². The van der Waals surface area contributed by atoms with Crippen LogP contribution in [0, 0.1) is 0 Å². The number of nitrogens with one attached hydrogen (secondary N) is 1. The Morgan fingerprint density at radius 3 is 2.88 bits per heavy atom. The minimum atomic E-state index is 0.675. The maximum absolute atomic E-state index is 5.38. The number of benzene rings is 1. The van der Waals surface area contributed by atoms with Gasteiger partial charge in [-0.2, -0.15) is 0 Å².